The number of likely N-dealkylation sites (tertiary alicyclic amines) is 1. The van der Waals surface area contributed by atoms with Crippen LogP contribution < -0.4 is 4.74 Å². The van der Waals surface area contributed by atoms with Crippen LogP contribution in [0.5, 0.6) is 5.75 Å². The number of amides is 1. The SMILES string of the molecule is COc1ccc(CCN(CC2CCN(C)CC2)C(=O)CCc2cnn(C)c2)cc1. The summed E-state index contributed by atoms with van der Waals surface area (Å²) < 4.78 is 7.03. The van der Waals surface area contributed by atoms with E-state index in [9.17, 15) is 4.79 Å². The lowest BCUT2D eigenvalue weighted by atomic mass is 9.96. The van der Waals surface area contributed by atoms with Crippen molar-refractivity contribution in [3.8, 4) is 5.75 Å². The number of nitrogens with zero attached hydrogens (tertiary/aromatic N) is 4. The van der Waals surface area contributed by atoms with Crippen LogP contribution in [0.2, 0.25) is 0 Å². The lowest BCUT2D eigenvalue weighted by molar-refractivity contribution is -0.132. The quantitative estimate of drug-likeness (QED) is 0.652. The Balaban J connectivity index is 1.58. The summed E-state index contributed by atoms with van der Waals surface area (Å²) in [5, 5.41) is 4.21. The highest BCUT2D eigenvalue weighted by Gasteiger charge is 2.22. The molecule has 2 heterocycles. The number of carbonyl (C=O) groups is 1. The molecule has 1 aromatic heterocycles. The highest BCUT2D eigenvalue weighted by Crippen LogP contribution is 2.19. The monoisotopic (exact) mass is 398 g/mol. The number of hydrogen-bond donors (Lipinski definition) is 0. The van der Waals surface area contributed by atoms with Gasteiger partial charge in [0, 0.05) is 32.8 Å². The van der Waals surface area contributed by atoms with Gasteiger partial charge in [-0.15, -0.1) is 0 Å². The Hall–Kier alpha value is -2.34. The topological polar surface area (TPSA) is 50.6 Å². The second-order valence-electron chi connectivity index (χ2n) is 8.21. The summed E-state index contributed by atoms with van der Waals surface area (Å²) in [6, 6.07) is 8.15. The molecule has 1 aromatic carbocycles. The van der Waals surface area contributed by atoms with Crippen molar-refractivity contribution in [3.63, 3.8) is 0 Å². The summed E-state index contributed by atoms with van der Waals surface area (Å²) in [5.74, 6) is 1.72. The Morgan fingerprint density at radius 3 is 2.48 bits per heavy atom. The predicted molar refractivity (Wildman–Crippen MR) is 115 cm³/mol. The molecular formula is C23H34N4O2. The molecule has 29 heavy (non-hydrogen) atoms. The molecule has 158 valence electrons. The zero-order valence-electron chi connectivity index (χ0n) is 18.0. The first-order chi connectivity index (χ1) is 14.0. The van der Waals surface area contributed by atoms with Crippen molar-refractivity contribution in [3.05, 3.63) is 47.8 Å². The van der Waals surface area contributed by atoms with Gasteiger partial charge in [-0.25, -0.2) is 0 Å². The van der Waals surface area contributed by atoms with Gasteiger partial charge < -0.3 is 14.5 Å². The van der Waals surface area contributed by atoms with Gasteiger partial charge in [0.05, 0.1) is 13.3 Å². The van der Waals surface area contributed by atoms with E-state index in [1.165, 1.54) is 18.4 Å². The average molecular weight is 399 g/mol. The van der Waals surface area contributed by atoms with Crippen LogP contribution in [0, 0.1) is 5.92 Å². The highest BCUT2D eigenvalue weighted by molar-refractivity contribution is 5.76. The lowest BCUT2D eigenvalue weighted by Crippen LogP contribution is -2.40. The molecule has 0 aliphatic carbocycles. The molecule has 0 N–H and O–H groups in total. The van der Waals surface area contributed by atoms with Crippen LogP contribution in [-0.4, -0.2) is 65.8 Å². The van der Waals surface area contributed by atoms with Crippen molar-refractivity contribution in [1.29, 1.82) is 0 Å². The van der Waals surface area contributed by atoms with E-state index >= 15 is 0 Å². The number of methoxy groups -OCH3 is 1. The Morgan fingerprint density at radius 2 is 1.86 bits per heavy atom. The fraction of sp³-hybridized carbons (Fsp3) is 0.565. The maximum atomic E-state index is 13.1. The minimum atomic E-state index is 0.251. The Kier molecular flexibility index (Phi) is 7.69. The standard InChI is InChI=1S/C23H34N4O2/c1-25-13-10-20(11-14-25)18-27(15-12-19-4-7-22(29-3)8-5-19)23(28)9-6-21-16-24-26(2)17-21/h4-5,7-8,16-17,20H,6,9-15,18H2,1-3H3. The number of benzene rings is 1. The summed E-state index contributed by atoms with van der Waals surface area (Å²) in [5.41, 5.74) is 2.36. The molecule has 6 heteroatoms. The van der Waals surface area contributed by atoms with Crippen molar-refractivity contribution in [2.45, 2.75) is 32.1 Å². The molecule has 6 nitrogen and oxygen atoms in total. The Labute approximate surface area is 174 Å². The zero-order valence-corrected chi connectivity index (χ0v) is 18.0. The summed E-state index contributed by atoms with van der Waals surface area (Å²) >= 11 is 0. The molecule has 0 radical (unpaired) electrons. The third-order valence-electron chi connectivity index (χ3n) is 5.88. The zero-order chi connectivity index (χ0) is 20.6. The largest absolute Gasteiger partial charge is 0.497 e. The first kappa shape index (κ1) is 21.4. The molecule has 2 aromatic rings. The molecule has 0 unspecified atom stereocenters. The number of aryl methyl sites for hydroxylation is 2. The maximum absolute atomic E-state index is 13.1. The molecular weight excluding hydrogens is 364 g/mol. The summed E-state index contributed by atoms with van der Waals surface area (Å²) in [7, 11) is 5.77. The van der Waals surface area contributed by atoms with Crippen molar-refractivity contribution >= 4 is 5.91 Å². The number of ether oxygens (including phenoxy) is 1. The summed E-state index contributed by atoms with van der Waals surface area (Å²) in [6.45, 7) is 3.89. The number of aromatic nitrogens is 2. The molecule has 0 saturated carbocycles. The van der Waals surface area contributed by atoms with E-state index in [2.05, 4.69) is 34.1 Å². The molecule has 0 bridgehead atoms. The smallest absolute Gasteiger partial charge is 0.222 e. The number of piperidine rings is 1. The normalized spacial score (nSPS) is 15.4. The van der Waals surface area contributed by atoms with Gasteiger partial charge in [0.1, 0.15) is 5.75 Å². The van der Waals surface area contributed by atoms with Gasteiger partial charge in [0.15, 0.2) is 0 Å². The van der Waals surface area contributed by atoms with Crippen molar-refractivity contribution in [2.24, 2.45) is 13.0 Å². The van der Waals surface area contributed by atoms with E-state index in [0.29, 0.717) is 12.3 Å². The van der Waals surface area contributed by atoms with Crippen LogP contribution in [0.3, 0.4) is 0 Å². The minimum Gasteiger partial charge on any atom is -0.497 e. The fourth-order valence-electron chi connectivity index (χ4n) is 3.94. The average Bonchev–Trinajstić information content (AvgIpc) is 3.16. The second-order valence-corrected chi connectivity index (χ2v) is 8.21. The first-order valence-electron chi connectivity index (χ1n) is 10.6. The van der Waals surface area contributed by atoms with Gasteiger partial charge in [-0.2, -0.15) is 5.10 Å². The Morgan fingerprint density at radius 1 is 1.14 bits per heavy atom. The molecule has 1 amide bonds. The molecule has 1 fully saturated rings. The van der Waals surface area contributed by atoms with Crippen LogP contribution in [-0.2, 0) is 24.7 Å². The number of rotatable bonds is 9. The van der Waals surface area contributed by atoms with Crippen LogP contribution in [0.15, 0.2) is 36.7 Å². The third kappa shape index (κ3) is 6.60. The van der Waals surface area contributed by atoms with Gasteiger partial charge in [0.25, 0.3) is 0 Å². The molecule has 1 aliphatic heterocycles. The van der Waals surface area contributed by atoms with E-state index in [1.807, 2.05) is 31.6 Å². The first-order valence-corrected chi connectivity index (χ1v) is 10.6. The van der Waals surface area contributed by atoms with Gasteiger partial charge in [0.2, 0.25) is 5.91 Å². The summed E-state index contributed by atoms with van der Waals surface area (Å²) in [4.78, 5) is 17.5. The van der Waals surface area contributed by atoms with Crippen molar-refractivity contribution in [2.75, 3.05) is 40.3 Å². The van der Waals surface area contributed by atoms with Gasteiger partial charge >= 0.3 is 0 Å². The minimum absolute atomic E-state index is 0.251. The van der Waals surface area contributed by atoms with E-state index < -0.39 is 0 Å². The number of carbonyl (C=O) groups excluding carboxylic acids is 1. The molecule has 3 rings (SSSR count). The third-order valence-corrected chi connectivity index (χ3v) is 5.88. The van der Waals surface area contributed by atoms with E-state index in [4.69, 9.17) is 4.74 Å². The van der Waals surface area contributed by atoms with Crippen LogP contribution in [0.1, 0.15) is 30.4 Å². The maximum Gasteiger partial charge on any atom is 0.222 e. The van der Waals surface area contributed by atoms with E-state index in [-0.39, 0.29) is 5.91 Å². The Bertz CT molecular complexity index is 763. The lowest BCUT2D eigenvalue weighted by Gasteiger charge is -2.33. The fourth-order valence-corrected chi connectivity index (χ4v) is 3.94. The van der Waals surface area contributed by atoms with Gasteiger partial charge in [-0.3, -0.25) is 9.48 Å². The predicted octanol–water partition coefficient (Wildman–Crippen LogP) is 2.77. The highest BCUT2D eigenvalue weighted by atomic mass is 16.5. The summed E-state index contributed by atoms with van der Waals surface area (Å²) in [6.07, 6.45) is 8.35. The van der Waals surface area contributed by atoms with Crippen LogP contribution in [0.4, 0.5) is 0 Å². The second kappa shape index (κ2) is 10.4. The van der Waals surface area contributed by atoms with Gasteiger partial charge in [-0.05, 0) is 75.0 Å². The van der Waals surface area contributed by atoms with Crippen LogP contribution in [0.25, 0.3) is 0 Å². The molecule has 1 aliphatic rings. The van der Waals surface area contributed by atoms with Crippen molar-refractivity contribution in [1.82, 2.24) is 19.6 Å². The molecule has 0 spiro atoms. The van der Waals surface area contributed by atoms with E-state index in [1.54, 1.807) is 11.8 Å². The van der Waals surface area contributed by atoms with Crippen LogP contribution >= 0.6 is 0 Å². The van der Waals surface area contributed by atoms with Gasteiger partial charge in [-0.1, -0.05) is 12.1 Å². The molecule has 0 atom stereocenters. The number of hydrogen-bond acceptors (Lipinski definition) is 4. The van der Waals surface area contributed by atoms with E-state index in [0.717, 1.165) is 50.3 Å². The molecule has 1 saturated heterocycles. The van der Waals surface area contributed by atoms with Crippen molar-refractivity contribution < 1.29 is 9.53 Å².